The van der Waals surface area contributed by atoms with Crippen LogP contribution < -0.4 is 5.32 Å². The molecule has 0 fully saturated rings. The van der Waals surface area contributed by atoms with E-state index in [1.807, 2.05) is 0 Å². The Bertz CT molecular complexity index is 309. The van der Waals surface area contributed by atoms with Gasteiger partial charge in [0.2, 0.25) is 0 Å². The largest absolute Gasteiger partial charge is 0.389 e. The van der Waals surface area contributed by atoms with E-state index in [2.05, 4.69) is 5.32 Å². The maximum atomic E-state index is 11.8. The van der Waals surface area contributed by atoms with Crippen LogP contribution in [-0.2, 0) is 9.84 Å². The first-order valence-corrected chi connectivity index (χ1v) is 6.82. The third-order valence-corrected chi connectivity index (χ3v) is 4.52. The van der Waals surface area contributed by atoms with E-state index in [-0.39, 0.29) is 19.5 Å². The number of alkyl halides is 3. The van der Waals surface area contributed by atoms with Crippen LogP contribution in [0.25, 0.3) is 0 Å². The summed E-state index contributed by atoms with van der Waals surface area (Å²) in [6.07, 6.45) is -3.92. The van der Waals surface area contributed by atoms with Crippen molar-refractivity contribution >= 4 is 9.84 Å². The van der Waals surface area contributed by atoms with Gasteiger partial charge in [-0.05, 0) is 26.8 Å². The van der Waals surface area contributed by atoms with Gasteiger partial charge in [-0.15, -0.1) is 0 Å². The molecule has 0 saturated heterocycles. The molecule has 1 N–H and O–H groups in total. The van der Waals surface area contributed by atoms with Crippen molar-refractivity contribution in [3.05, 3.63) is 0 Å². The first kappa shape index (κ1) is 15.7. The zero-order chi connectivity index (χ0) is 13.0. The highest BCUT2D eigenvalue weighted by Gasteiger charge is 2.30. The van der Waals surface area contributed by atoms with Gasteiger partial charge in [0, 0.05) is 19.2 Å². The Morgan fingerprint density at radius 3 is 2.06 bits per heavy atom. The summed E-state index contributed by atoms with van der Waals surface area (Å²) in [4.78, 5) is 0. The van der Waals surface area contributed by atoms with E-state index in [1.165, 1.54) is 0 Å². The molecular weight excluding hydrogens is 243 g/mol. The van der Waals surface area contributed by atoms with Crippen LogP contribution in [0, 0.1) is 0 Å². The predicted octanol–water partition coefficient (Wildman–Crippen LogP) is 1.74. The van der Waals surface area contributed by atoms with E-state index in [0.717, 1.165) is 6.26 Å². The number of rotatable bonds is 6. The third kappa shape index (κ3) is 6.32. The van der Waals surface area contributed by atoms with Gasteiger partial charge in [0.1, 0.15) is 0 Å². The van der Waals surface area contributed by atoms with Gasteiger partial charge in [0.15, 0.2) is 9.84 Å². The molecule has 16 heavy (non-hydrogen) atoms. The summed E-state index contributed by atoms with van der Waals surface area (Å²) >= 11 is 0. The molecule has 0 amide bonds. The summed E-state index contributed by atoms with van der Waals surface area (Å²) in [6, 6.07) is 0. The van der Waals surface area contributed by atoms with Crippen molar-refractivity contribution in [1.29, 1.82) is 0 Å². The summed E-state index contributed by atoms with van der Waals surface area (Å²) < 4.78 is 56.9. The molecule has 0 bridgehead atoms. The number of sulfone groups is 1. The van der Waals surface area contributed by atoms with E-state index in [9.17, 15) is 21.6 Å². The minimum Gasteiger partial charge on any atom is -0.315 e. The lowest BCUT2D eigenvalue weighted by atomic mass is 10.2. The van der Waals surface area contributed by atoms with Crippen molar-refractivity contribution in [2.45, 2.75) is 37.6 Å². The van der Waals surface area contributed by atoms with Crippen LogP contribution in [0.4, 0.5) is 13.2 Å². The Kier molecular flexibility index (Phi) is 5.25. The highest BCUT2D eigenvalue weighted by molar-refractivity contribution is 7.92. The summed E-state index contributed by atoms with van der Waals surface area (Å²) in [5.74, 6) is 0. The topological polar surface area (TPSA) is 46.2 Å². The van der Waals surface area contributed by atoms with E-state index in [0.29, 0.717) is 0 Å². The average molecular weight is 261 g/mol. The van der Waals surface area contributed by atoms with E-state index in [4.69, 9.17) is 0 Å². The molecule has 0 aliphatic heterocycles. The second-order valence-corrected chi connectivity index (χ2v) is 7.08. The normalized spacial score (nSPS) is 14.1. The summed E-state index contributed by atoms with van der Waals surface area (Å²) in [6.45, 7) is 3.40. The van der Waals surface area contributed by atoms with Crippen molar-refractivity contribution in [3.8, 4) is 0 Å². The quantitative estimate of drug-likeness (QED) is 0.741. The van der Waals surface area contributed by atoms with Gasteiger partial charge in [0.25, 0.3) is 0 Å². The molecule has 7 heteroatoms. The molecule has 0 aromatic heterocycles. The molecule has 0 rings (SSSR count). The molecule has 0 radical (unpaired) electrons. The van der Waals surface area contributed by atoms with Crippen LogP contribution in [0.2, 0.25) is 0 Å². The van der Waals surface area contributed by atoms with Gasteiger partial charge in [-0.2, -0.15) is 13.2 Å². The number of nitrogens with one attached hydrogen (secondary N) is 1. The molecule has 3 nitrogen and oxygen atoms in total. The fourth-order valence-corrected chi connectivity index (χ4v) is 1.30. The van der Waals surface area contributed by atoms with Gasteiger partial charge < -0.3 is 5.32 Å². The fraction of sp³-hybridized carbons (Fsp3) is 1.00. The minimum atomic E-state index is -4.14. The summed E-state index contributed by atoms with van der Waals surface area (Å²) in [5, 5.41) is 2.73. The smallest absolute Gasteiger partial charge is 0.315 e. The number of hydrogen-bond donors (Lipinski definition) is 1. The number of halogens is 3. The van der Waals surface area contributed by atoms with Gasteiger partial charge in [0.05, 0.1) is 4.75 Å². The molecule has 0 heterocycles. The highest BCUT2D eigenvalue weighted by Crippen LogP contribution is 2.20. The van der Waals surface area contributed by atoms with Crippen molar-refractivity contribution < 1.29 is 21.6 Å². The SMILES string of the molecule is CC(C)(CNCCCC(F)(F)F)S(C)(=O)=O. The lowest BCUT2D eigenvalue weighted by Crippen LogP contribution is -2.42. The first-order valence-electron chi connectivity index (χ1n) is 4.93. The molecule has 0 aromatic carbocycles. The van der Waals surface area contributed by atoms with Gasteiger partial charge in [-0.25, -0.2) is 8.42 Å². The van der Waals surface area contributed by atoms with Crippen molar-refractivity contribution in [3.63, 3.8) is 0 Å². The lowest BCUT2D eigenvalue weighted by Gasteiger charge is -2.22. The van der Waals surface area contributed by atoms with Crippen LogP contribution in [0.5, 0.6) is 0 Å². The summed E-state index contributed by atoms with van der Waals surface area (Å²) in [7, 11) is -3.20. The van der Waals surface area contributed by atoms with Crippen LogP contribution in [-0.4, -0.2) is 38.7 Å². The van der Waals surface area contributed by atoms with Gasteiger partial charge in [-0.3, -0.25) is 0 Å². The molecule has 0 spiro atoms. The fourth-order valence-electron chi connectivity index (χ4n) is 0.934. The monoisotopic (exact) mass is 261 g/mol. The third-order valence-electron chi connectivity index (χ3n) is 2.37. The van der Waals surface area contributed by atoms with Crippen LogP contribution in [0.1, 0.15) is 26.7 Å². The maximum Gasteiger partial charge on any atom is 0.389 e. The van der Waals surface area contributed by atoms with E-state index in [1.54, 1.807) is 13.8 Å². The predicted molar refractivity (Wildman–Crippen MR) is 57.1 cm³/mol. The molecule has 0 aromatic rings. The standard InChI is InChI=1S/C9H18F3NO2S/c1-8(2,16(3,14)15)7-13-6-4-5-9(10,11)12/h13H,4-7H2,1-3H3. The highest BCUT2D eigenvalue weighted by atomic mass is 32.2. The van der Waals surface area contributed by atoms with E-state index < -0.39 is 27.2 Å². The Hall–Kier alpha value is -0.300. The molecule has 0 atom stereocenters. The Labute approximate surface area is 94.3 Å². The Balaban J connectivity index is 3.84. The summed E-state index contributed by atoms with van der Waals surface area (Å²) in [5.41, 5.74) is 0. The maximum absolute atomic E-state index is 11.8. The molecule has 98 valence electrons. The molecule has 0 saturated carbocycles. The van der Waals surface area contributed by atoms with Crippen LogP contribution in [0.3, 0.4) is 0 Å². The van der Waals surface area contributed by atoms with Gasteiger partial charge in [-0.1, -0.05) is 0 Å². The average Bonchev–Trinajstić information content (AvgIpc) is 1.98. The van der Waals surface area contributed by atoms with Crippen molar-refractivity contribution in [2.24, 2.45) is 0 Å². The van der Waals surface area contributed by atoms with Gasteiger partial charge >= 0.3 is 6.18 Å². The lowest BCUT2D eigenvalue weighted by molar-refractivity contribution is -0.135. The van der Waals surface area contributed by atoms with Crippen molar-refractivity contribution in [2.75, 3.05) is 19.3 Å². The first-order chi connectivity index (χ1) is 6.96. The second-order valence-electron chi connectivity index (χ2n) is 4.43. The van der Waals surface area contributed by atoms with Crippen molar-refractivity contribution in [1.82, 2.24) is 5.32 Å². The number of hydrogen-bond acceptors (Lipinski definition) is 3. The zero-order valence-electron chi connectivity index (χ0n) is 9.69. The molecular formula is C9H18F3NO2S. The molecule has 0 aliphatic carbocycles. The van der Waals surface area contributed by atoms with Crippen LogP contribution >= 0.6 is 0 Å². The minimum absolute atomic E-state index is 0.0384. The molecule has 0 aliphatic rings. The van der Waals surface area contributed by atoms with E-state index >= 15 is 0 Å². The zero-order valence-corrected chi connectivity index (χ0v) is 10.5. The molecule has 0 unspecified atom stereocenters. The Morgan fingerprint density at radius 1 is 1.19 bits per heavy atom. The van der Waals surface area contributed by atoms with Crippen LogP contribution in [0.15, 0.2) is 0 Å². The Morgan fingerprint density at radius 2 is 1.69 bits per heavy atom. The second kappa shape index (κ2) is 5.35.